The van der Waals surface area contributed by atoms with Crippen molar-refractivity contribution in [3.63, 3.8) is 0 Å². The van der Waals surface area contributed by atoms with E-state index in [-0.39, 0.29) is 42.1 Å². The van der Waals surface area contributed by atoms with Crippen LogP contribution in [0.3, 0.4) is 0 Å². The van der Waals surface area contributed by atoms with E-state index < -0.39 is 23.0 Å². The Labute approximate surface area is 179 Å². The smallest absolute Gasteiger partial charge is 0.437 e. The van der Waals surface area contributed by atoms with Gasteiger partial charge in [-0.05, 0) is 58.6 Å². The number of carbonyl (C=O) groups is 2. The Bertz CT molecular complexity index is 839. The number of ether oxygens (including phenoxy) is 2. The molecule has 0 unspecified atom stereocenters. The maximum Gasteiger partial charge on any atom is 0.437 e. The van der Waals surface area contributed by atoms with Crippen molar-refractivity contribution in [2.45, 2.75) is 51.9 Å². The van der Waals surface area contributed by atoms with Gasteiger partial charge in [0.25, 0.3) is 0 Å². The number of halogens is 3. The van der Waals surface area contributed by atoms with Crippen LogP contribution in [-0.2, 0) is 15.7 Å². The van der Waals surface area contributed by atoms with Crippen LogP contribution in [0.15, 0.2) is 18.3 Å². The number of likely N-dealkylation sites (tertiary alicyclic amines) is 1. The standard InChI is InChI=1S/C21H28F3N3O4/c1-19(2,3)31-18(29)27-9-12-13(10-27)15(12)17(28)26-20(4,5)11-30-14-7-6-8-25-16(14)21(22,23)24/h6-8,12-13,15H,9-11H2,1-5H3,(H,26,28)/t12-,13+,15+. The van der Waals surface area contributed by atoms with Crippen LogP contribution < -0.4 is 10.1 Å². The summed E-state index contributed by atoms with van der Waals surface area (Å²) in [5, 5.41) is 2.86. The number of nitrogens with zero attached hydrogens (tertiary/aromatic N) is 2. The van der Waals surface area contributed by atoms with Crippen LogP contribution in [0.5, 0.6) is 5.75 Å². The molecule has 1 aliphatic carbocycles. The van der Waals surface area contributed by atoms with Crippen LogP contribution >= 0.6 is 0 Å². The summed E-state index contributed by atoms with van der Waals surface area (Å²) in [5.41, 5.74) is -2.57. The summed E-state index contributed by atoms with van der Waals surface area (Å²) in [5.74, 6) is -0.649. The van der Waals surface area contributed by atoms with Crippen molar-refractivity contribution in [1.82, 2.24) is 15.2 Å². The third kappa shape index (κ3) is 5.59. The number of fused-ring (bicyclic) bond motifs is 1. The fourth-order valence-corrected chi connectivity index (χ4v) is 3.82. The van der Waals surface area contributed by atoms with Gasteiger partial charge in [0.05, 0.1) is 5.54 Å². The molecular formula is C21H28F3N3O4. The Morgan fingerprint density at radius 2 is 1.77 bits per heavy atom. The number of amides is 2. The third-order valence-electron chi connectivity index (χ3n) is 5.24. The van der Waals surface area contributed by atoms with E-state index in [1.165, 1.54) is 12.1 Å². The van der Waals surface area contributed by atoms with Crippen LogP contribution in [0.4, 0.5) is 18.0 Å². The zero-order chi connectivity index (χ0) is 23.2. The Balaban J connectivity index is 1.51. The van der Waals surface area contributed by atoms with E-state index in [1.54, 1.807) is 39.5 Å². The first-order valence-electron chi connectivity index (χ1n) is 10.1. The van der Waals surface area contributed by atoms with E-state index in [2.05, 4.69) is 10.3 Å². The number of rotatable bonds is 5. The molecule has 3 rings (SSSR count). The maximum absolute atomic E-state index is 13.1. The van der Waals surface area contributed by atoms with Gasteiger partial charge in [-0.2, -0.15) is 13.2 Å². The highest BCUT2D eigenvalue weighted by atomic mass is 19.4. The van der Waals surface area contributed by atoms with Gasteiger partial charge in [0, 0.05) is 25.2 Å². The van der Waals surface area contributed by atoms with Gasteiger partial charge >= 0.3 is 12.3 Å². The fraction of sp³-hybridized carbons (Fsp3) is 0.667. The van der Waals surface area contributed by atoms with Crippen LogP contribution in [0, 0.1) is 17.8 Å². The molecule has 0 radical (unpaired) electrons. The second-order valence-electron chi connectivity index (χ2n) is 9.75. The van der Waals surface area contributed by atoms with Crippen molar-refractivity contribution in [1.29, 1.82) is 0 Å². The summed E-state index contributed by atoms with van der Waals surface area (Å²) >= 11 is 0. The average Bonchev–Trinajstić information content (AvgIpc) is 3.12. The van der Waals surface area contributed by atoms with Crippen LogP contribution in [0.25, 0.3) is 0 Å². The highest BCUT2D eigenvalue weighted by Crippen LogP contribution is 2.52. The predicted molar refractivity (Wildman–Crippen MR) is 105 cm³/mol. The molecule has 2 aliphatic rings. The number of nitrogens with one attached hydrogen (secondary N) is 1. The SMILES string of the molecule is CC(C)(COc1cccnc1C(F)(F)F)NC(=O)[C@H]1[C@@H]2CN(C(=O)OC(C)(C)C)C[C@@H]21. The number of pyridine rings is 1. The lowest BCUT2D eigenvalue weighted by Gasteiger charge is -2.28. The second kappa shape index (κ2) is 7.87. The van der Waals surface area contributed by atoms with E-state index in [1.807, 2.05) is 0 Å². The van der Waals surface area contributed by atoms with Gasteiger partial charge in [-0.3, -0.25) is 4.79 Å². The lowest BCUT2D eigenvalue weighted by atomic mass is 10.1. The second-order valence-corrected chi connectivity index (χ2v) is 9.75. The molecule has 0 bridgehead atoms. The van der Waals surface area contributed by atoms with E-state index in [0.717, 1.165) is 6.20 Å². The first-order valence-corrected chi connectivity index (χ1v) is 10.1. The maximum atomic E-state index is 13.1. The van der Waals surface area contributed by atoms with Gasteiger partial charge in [0.1, 0.15) is 18.0 Å². The van der Waals surface area contributed by atoms with Gasteiger partial charge < -0.3 is 19.7 Å². The largest absolute Gasteiger partial charge is 0.489 e. The van der Waals surface area contributed by atoms with Crippen molar-refractivity contribution in [3.8, 4) is 5.75 Å². The van der Waals surface area contributed by atoms with Gasteiger partial charge in [0.2, 0.25) is 5.91 Å². The summed E-state index contributed by atoms with van der Waals surface area (Å²) in [6.45, 7) is 9.51. The molecule has 1 aliphatic heterocycles. The minimum absolute atomic E-state index is 0.0689. The average molecular weight is 443 g/mol. The number of hydrogen-bond donors (Lipinski definition) is 1. The number of alkyl halides is 3. The fourth-order valence-electron chi connectivity index (χ4n) is 3.82. The number of hydrogen-bond acceptors (Lipinski definition) is 5. The summed E-state index contributed by atoms with van der Waals surface area (Å²) in [4.78, 5) is 29.8. The first kappa shape index (κ1) is 23.1. The molecule has 1 saturated heterocycles. The molecule has 2 fully saturated rings. The number of piperidine rings is 1. The van der Waals surface area contributed by atoms with Crippen molar-refractivity contribution >= 4 is 12.0 Å². The lowest BCUT2D eigenvalue weighted by molar-refractivity contribution is -0.143. The zero-order valence-electron chi connectivity index (χ0n) is 18.2. The predicted octanol–water partition coefficient (Wildman–Crippen LogP) is 3.49. The Kier molecular flexibility index (Phi) is 5.88. The van der Waals surface area contributed by atoms with E-state index in [4.69, 9.17) is 9.47 Å². The normalized spacial score (nSPS) is 23.2. The Morgan fingerprint density at radius 3 is 2.32 bits per heavy atom. The molecule has 31 heavy (non-hydrogen) atoms. The molecule has 2 heterocycles. The summed E-state index contributed by atoms with van der Waals surface area (Å²) in [6, 6.07) is 2.56. The molecule has 10 heteroatoms. The van der Waals surface area contributed by atoms with Crippen LogP contribution in [0.2, 0.25) is 0 Å². The number of aromatic nitrogens is 1. The van der Waals surface area contributed by atoms with E-state index >= 15 is 0 Å². The summed E-state index contributed by atoms with van der Waals surface area (Å²) in [7, 11) is 0. The molecule has 0 aromatic carbocycles. The van der Waals surface area contributed by atoms with Gasteiger partial charge in [-0.25, -0.2) is 9.78 Å². The molecule has 3 atom stereocenters. The van der Waals surface area contributed by atoms with E-state index in [0.29, 0.717) is 13.1 Å². The quantitative estimate of drug-likeness (QED) is 0.754. The van der Waals surface area contributed by atoms with E-state index in [9.17, 15) is 22.8 Å². The molecule has 7 nitrogen and oxygen atoms in total. The molecule has 1 aromatic heterocycles. The summed E-state index contributed by atoms with van der Waals surface area (Å²) < 4.78 is 49.9. The minimum atomic E-state index is -4.63. The molecule has 172 valence electrons. The molecular weight excluding hydrogens is 415 g/mol. The minimum Gasteiger partial charge on any atom is -0.489 e. The molecule has 1 aromatic rings. The highest BCUT2D eigenvalue weighted by molar-refractivity contribution is 5.84. The molecule has 1 saturated carbocycles. The summed E-state index contributed by atoms with van der Waals surface area (Å²) in [6.07, 6.45) is -3.96. The monoisotopic (exact) mass is 443 g/mol. The van der Waals surface area contributed by atoms with Crippen LogP contribution in [0.1, 0.15) is 40.3 Å². The highest BCUT2D eigenvalue weighted by Gasteiger charge is 2.61. The topological polar surface area (TPSA) is 80.8 Å². The van der Waals surface area contributed by atoms with Crippen molar-refractivity contribution in [3.05, 3.63) is 24.0 Å². The molecule has 1 N–H and O–H groups in total. The number of carbonyl (C=O) groups excluding carboxylic acids is 2. The molecule has 2 amide bonds. The van der Waals surface area contributed by atoms with Gasteiger partial charge in [0.15, 0.2) is 5.69 Å². The zero-order valence-corrected chi connectivity index (χ0v) is 18.2. The van der Waals surface area contributed by atoms with Crippen molar-refractivity contribution in [2.24, 2.45) is 17.8 Å². The molecule has 0 spiro atoms. The van der Waals surface area contributed by atoms with Crippen molar-refractivity contribution in [2.75, 3.05) is 19.7 Å². The van der Waals surface area contributed by atoms with Crippen molar-refractivity contribution < 1.29 is 32.2 Å². The van der Waals surface area contributed by atoms with Crippen LogP contribution in [-0.4, -0.2) is 52.7 Å². The van der Waals surface area contributed by atoms with Gasteiger partial charge in [-0.15, -0.1) is 0 Å². The third-order valence-corrected chi connectivity index (χ3v) is 5.24. The Hall–Kier alpha value is -2.52. The van der Waals surface area contributed by atoms with Gasteiger partial charge in [-0.1, -0.05) is 0 Å². The first-order chi connectivity index (χ1) is 14.2. The Morgan fingerprint density at radius 1 is 1.16 bits per heavy atom. The lowest BCUT2D eigenvalue weighted by Crippen LogP contribution is -2.49.